The maximum Gasteiger partial charge on any atom is 0.373 e. The van der Waals surface area contributed by atoms with E-state index in [1.54, 1.807) is 18.5 Å². The van der Waals surface area contributed by atoms with Gasteiger partial charge in [0.25, 0.3) is 0 Å². The van der Waals surface area contributed by atoms with Crippen molar-refractivity contribution in [3.8, 4) is 6.07 Å². The van der Waals surface area contributed by atoms with Gasteiger partial charge in [-0.05, 0) is 49.8 Å². The number of halogens is 1. The number of carboxylic acids is 1. The third-order valence-electron chi connectivity index (χ3n) is 6.19. The molecular formula is C21H22ClN5O2. The molecule has 2 aromatic rings. The fourth-order valence-corrected chi connectivity index (χ4v) is 4.85. The van der Waals surface area contributed by atoms with Crippen molar-refractivity contribution in [3.63, 3.8) is 0 Å². The lowest BCUT2D eigenvalue weighted by Crippen LogP contribution is -2.41. The van der Waals surface area contributed by atoms with E-state index in [1.807, 2.05) is 12.1 Å². The van der Waals surface area contributed by atoms with Gasteiger partial charge in [0.1, 0.15) is 6.07 Å². The molecule has 2 saturated heterocycles. The summed E-state index contributed by atoms with van der Waals surface area (Å²) in [7, 11) is 0. The molecule has 1 atom stereocenters. The van der Waals surface area contributed by atoms with Crippen LogP contribution in [0.15, 0.2) is 30.6 Å². The van der Waals surface area contributed by atoms with E-state index in [0.717, 1.165) is 50.3 Å². The van der Waals surface area contributed by atoms with Crippen LogP contribution in [0.4, 0.5) is 11.4 Å². The highest BCUT2D eigenvalue weighted by Crippen LogP contribution is 2.45. The Kier molecular flexibility index (Phi) is 5.05. The zero-order chi connectivity index (χ0) is 20.6. The lowest BCUT2D eigenvalue weighted by molar-refractivity contribution is 0.0683. The largest absolute Gasteiger partial charge is 0.475 e. The zero-order valence-corrected chi connectivity index (χ0v) is 16.9. The van der Waals surface area contributed by atoms with E-state index in [2.05, 4.69) is 32.8 Å². The predicted molar refractivity (Wildman–Crippen MR) is 110 cm³/mol. The van der Waals surface area contributed by atoms with Crippen molar-refractivity contribution in [2.45, 2.75) is 32.2 Å². The summed E-state index contributed by atoms with van der Waals surface area (Å²) in [6, 6.07) is 8.19. The zero-order valence-electron chi connectivity index (χ0n) is 16.2. The van der Waals surface area contributed by atoms with Crippen molar-refractivity contribution in [2.24, 2.45) is 5.41 Å². The van der Waals surface area contributed by atoms with Crippen molar-refractivity contribution < 1.29 is 9.90 Å². The molecule has 0 aliphatic carbocycles. The van der Waals surface area contributed by atoms with Crippen LogP contribution in [0.3, 0.4) is 0 Å². The first-order valence-electron chi connectivity index (χ1n) is 9.67. The lowest BCUT2D eigenvalue weighted by atomic mass is 9.76. The van der Waals surface area contributed by atoms with Crippen LogP contribution in [0, 0.1) is 16.7 Å². The molecule has 2 aliphatic rings. The number of aromatic nitrogens is 2. The molecule has 1 N–H and O–H groups in total. The highest BCUT2D eigenvalue weighted by atomic mass is 35.5. The Hall–Kier alpha value is -2.85. The molecule has 150 valence electrons. The van der Waals surface area contributed by atoms with E-state index < -0.39 is 5.97 Å². The van der Waals surface area contributed by atoms with Crippen molar-refractivity contribution in [2.75, 3.05) is 29.4 Å². The Morgan fingerprint density at radius 3 is 2.55 bits per heavy atom. The minimum atomic E-state index is -1.11. The maximum absolute atomic E-state index is 10.9. The second kappa shape index (κ2) is 7.53. The first-order valence-corrected chi connectivity index (χ1v) is 10.1. The van der Waals surface area contributed by atoms with Crippen LogP contribution in [-0.4, -0.2) is 46.7 Å². The first-order chi connectivity index (χ1) is 13.9. The maximum atomic E-state index is 10.9. The molecule has 3 heterocycles. The number of anilines is 2. The average molecular weight is 412 g/mol. The van der Waals surface area contributed by atoms with E-state index in [-0.39, 0.29) is 11.2 Å². The van der Waals surface area contributed by atoms with E-state index in [4.69, 9.17) is 22.0 Å². The fraction of sp³-hybridized carbons (Fsp3) is 0.429. The Labute approximate surface area is 174 Å². The second-order valence-corrected chi connectivity index (χ2v) is 8.42. The minimum absolute atomic E-state index is 0.177. The number of carboxylic acid groups (broad SMARTS) is 1. The van der Waals surface area contributed by atoms with Gasteiger partial charge in [-0.3, -0.25) is 0 Å². The number of nitriles is 1. The van der Waals surface area contributed by atoms with Gasteiger partial charge in [0, 0.05) is 31.4 Å². The van der Waals surface area contributed by atoms with Crippen LogP contribution in [0.25, 0.3) is 0 Å². The molecule has 0 radical (unpaired) electrons. The highest BCUT2D eigenvalue weighted by molar-refractivity contribution is 6.32. The summed E-state index contributed by atoms with van der Waals surface area (Å²) in [6.45, 7) is 5.00. The fourth-order valence-electron chi connectivity index (χ4n) is 4.63. The highest BCUT2D eigenvalue weighted by Gasteiger charge is 2.44. The topological polar surface area (TPSA) is 93.3 Å². The summed E-state index contributed by atoms with van der Waals surface area (Å²) in [5.74, 6) is -1.29. The van der Waals surface area contributed by atoms with Crippen molar-refractivity contribution in [3.05, 3.63) is 47.0 Å². The first kappa shape index (κ1) is 19.5. The average Bonchev–Trinajstić information content (AvgIpc) is 3.04. The van der Waals surface area contributed by atoms with E-state index in [1.165, 1.54) is 0 Å². The summed E-state index contributed by atoms with van der Waals surface area (Å²) in [5, 5.41) is 18.5. The number of carbonyl (C=O) groups is 1. The molecule has 2 aliphatic heterocycles. The SMILES string of the molecule is CC1CC2(CCN(c3cnc(C(=O)O)nc3)CC2)CN1c1ccc(C#N)c(Cl)c1. The molecule has 2 fully saturated rings. The molecule has 1 aromatic carbocycles. The second-order valence-electron chi connectivity index (χ2n) is 8.01. The smallest absolute Gasteiger partial charge is 0.373 e. The molecular weight excluding hydrogens is 390 g/mol. The van der Waals surface area contributed by atoms with Gasteiger partial charge in [-0.25, -0.2) is 14.8 Å². The van der Waals surface area contributed by atoms with Gasteiger partial charge in [0.05, 0.1) is 28.7 Å². The van der Waals surface area contributed by atoms with Gasteiger partial charge in [0.2, 0.25) is 5.82 Å². The molecule has 0 bridgehead atoms. The molecule has 0 saturated carbocycles. The van der Waals surface area contributed by atoms with Crippen LogP contribution >= 0.6 is 11.6 Å². The summed E-state index contributed by atoms with van der Waals surface area (Å²) >= 11 is 6.25. The van der Waals surface area contributed by atoms with Crippen LogP contribution in [0.2, 0.25) is 5.02 Å². The van der Waals surface area contributed by atoms with Gasteiger partial charge in [-0.15, -0.1) is 0 Å². The van der Waals surface area contributed by atoms with E-state index >= 15 is 0 Å². The van der Waals surface area contributed by atoms with Crippen LogP contribution in [0.1, 0.15) is 42.4 Å². The van der Waals surface area contributed by atoms with Crippen LogP contribution < -0.4 is 9.80 Å². The van der Waals surface area contributed by atoms with E-state index in [0.29, 0.717) is 16.6 Å². The molecule has 4 rings (SSSR count). The molecule has 7 nitrogen and oxygen atoms in total. The van der Waals surface area contributed by atoms with Crippen LogP contribution in [-0.2, 0) is 0 Å². The minimum Gasteiger partial charge on any atom is -0.475 e. The summed E-state index contributed by atoms with van der Waals surface area (Å²) in [6.07, 6.45) is 6.41. The number of nitrogens with zero attached hydrogens (tertiary/aromatic N) is 5. The van der Waals surface area contributed by atoms with Gasteiger partial charge in [0.15, 0.2) is 0 Å². The Balaban J connectivity index is 1.44. The van der Waals surface area contributed by atoms with Gasteiger partial charge in [-0.2, -0.15) is 5.26 Å². The quantitative estimate of drug-likeness (QED) is 0.824. The standard InChI is InChI=1S/C21H22ClN5O2/c1-14-9-21(13-27(14)16-3-2-15(10-23)18(22)8-16)4-6-26(7-5-21)17-11-24-19(20(28)29)25-12-17/h2-3,8,11-12,14H,4-7,9,13H2,1H3,(H,28,29). The van der Waals surface area contributed by atoms with Gasteiger partial charge < -0.3 is 14.9 Å². The Morgan fingerprint density at radius 2 is 1.97 bits per heavy atom. The normalized spacial score (nSPS) is 20.7. The van der Waals surface area contributed by atoms with E-state index in [9.17, 15) is 4.79 Å². The third-order valence-corrected chi connectivity index (χ3v) is 6.50. The number of hydrogen-bond donors (Lipinski definition) is 1. The van der Waals surface area contributed by atoms with Crippen LogP contribution in [0.5, 0.6) is 0 Å². The third kappa shape index (κ3) is 3.73. The number of benzene rings is 1. The molecule has 1 aromatic heterocycles. The molecule has 0 amide bonds. The number of hydrogen-bond acceptors (Lipinski definition) is 6. The molecule has 1 spiro atoms. The van der Waals surface area contributed by atoms with Crippen molar-refractivity contribution in [1.82, 2.24) is 9.97 Å². The monoisotopic (exact) mass is 411 g/mol. The summed E-state index contributed by atoms with van der Waals surface area (Å²) in [4.78, 5) is 23.4. The summed E-state index contributed by atoms with van der Waals surface area (Å²) < 4.78 is 0. The number of rotatable bonds is 3. The lowest BCUT2D eigenvalue weighted by Gasteiger charge is -2.40. The number of piperidine rings is 1. The number of aromatic carboxylic acids is 1. The Bertz CT molecular complexity index is 964. The molecule has 29 heavy (non-hydrogen) atoms. The molecule has 1 unspecified atom stereocenters. The predicted octanol–water partition coefficient (Wildman–Crippen LogP) is 3.59. The molecule has 8 heteroatoms. The van der Waals surface area contributed by atoms with Crippen molar-refractivity contribution >= 4 is 28.9 Å². The van der Waals surface area contributed by atoms with Gasteiger partial charge >= 0.3 is 5.97 Å². The Morgan fingerprint density at radius 1 is 1.28 bits per heavy atom. The summed E-state index contributed by atoms with van der Waals surface area (Å²) in [5.41, 5.74) is 2.68. The van der Waals surface area contributed by atoms with Gasteiger partial charge in [-0.1, -0.05) is 11.6 Å². The van der Waals surface area contributed by atoms with Crippen molar-refractivity contribution in [1.29, 1.82) is 5.26 Å².